The van der Waals surface area contributed by atoms with Crippen LogP contribution in [0.2, 0.25) is 0 Å². The number of hydrogen-bond acceptors (Lipinski definition) is 3. The van der Waals surface area contributed by atoms with Crippen LogP contribution in [0.3, 0.4) is 0 Å². The highest BCUT2D eigenvalue weighted by Gasteiger charge is 2.36. The number of H-pyrrole nitrogens is 1. The van der Waals surface area contributed by atoms with Crippen LogP contribution in [0.15, 0.2) is 24.3 Å². The van der Waals surface area contributed by atoms with E-state index in [9.17, 15) is 4.79 Å². The topological polar surface area (TPSA) is 83.8 Å². The first kappa shape index (κ1) is 19.7. The Balaban J connectivity index is 0.00000132. The highest BCUT2D eigenvalue weighted by Crippen LogP contribution is 2.27. The molecule has 4 N–H and O–H groups in total. The van der Waals surface area contributed by atoms with Gasteiger partial charge in [0.2, 0.25) is 5.91 Å². The van der Waals surface area contributed by atoms with E-state index >= 15 is 0 Å². The van der Waals surface area contributed by atoms with Gasteiger partial charge in [-0.1, -0.05) is 31.4 Å². The minimum Gasteiger partial charge on any atom is -0.345 e. The first-order valence-electron chi connectivity index (χ1n) is 7.63. The van der Waals surface area contributed by atoms with Crippen molar-refractivity contribution in [3.63, 3.8) is 0 Å². The fraction of sp³-hybridized carbons (Fsp3) is 0.500. The van der Waals surface area contributed by atoms with Gasteiger partial charge in [-0.2, -0.15) is 0 Å². The van der Waals surface area contributed by atoms with Gasteiger partial charge in [0.05, 0.1) is 22.6 Å². The number of rotatable bonds is 3. The van der Waals surface area contributed by atoms with E-state index in [4.69, 9.17) is 5.73 Å². The molecule has 0 aliphatic heterocycles. The number of benzene rings is 1. The number of carbonyl (C=O) groups is 1. The van der Waals surface area contributed by atoms with E-state index < -0.39 is 5.54 Å². The number of carbonyl (C=O) groups excluding carboxylic acids is 1. The second kappa shape index (κ2) is 7.99. The average Bonchev–Trinajstić information content (AvgIpc) is 2.92. The van der Waals surface area contributed by atoms with Crippen molar-refractivity contribution in [2.45, 2.75) is 50.6 Å². The van der Waals surface area contributed by atoms with Gasteiger partial charge in [-0.15, -0.1) is 24.8 Å². The Morgan fingerprint density at radius 1 is 1.26 bits per heavy atom. The molecule has 5 nitrogen and oxygen atoms in total. The summed E-state index contributed by atoms with van der Waals surface area (Å²) in [4.78, 5) is 20.2. The molecule has 1 aromatic carbocycles. The molecule has 0 saturated heterocycles. The van der Waals surface area contributed by atoms with E-state index in [0.29, 0.717) is 0 Å². The summed E-state index contributed by atoms with van der Waals surface area (Å²) in [5, 5.41) is 3.01. The van der Waals surface area contributed by atoms with E-state index in [2.05, 4.69) is 15.3 Å². The van der Waals surface area contributed by atoms with Crippen molar-refractivity contribution in [1.29, 1.82) is 0 Å². The van der Waals surface area contributed by atoms with Crippen LogP contribution >= 0.6 is 24.8 Å². The van der Waals surface area contributed by atoms with Gasteiger partial charge in [-0.25, -0.2) is 4.98 Å². The smallest absolute Gasteiger partial charge is 0.240 e. The van der Waals surface area contributed by atoms with Crippen LogP contribution < -0.4 is 11.1 Å². The number of halogens is 2. The number of hydrogen-bond donors (Lipinski definition) is 3. The second-order valence-electron chi connectivity index (χ2n) is 6.05. The second-order valence-corrected chi connectivity index (χ2v) is 6.05. The summed E-state index contributed by atoms with van der Waals surface area (Å²) in [6.07, 6.45) is 4.77. The summed E-state index contributed by atoms with van der Waals surface area (Å²) in [5.74, 6) is 0.708. The zero-order chi connectivity index (χ0) is 14.9. The molecular weight excluding hydrogens is 335 g/mol. The van der Waals surface area contributed by atoms with Crippen LogP contribution in [-0.2, 0) is 4.79 Å². The predicted octanol–water partition coefficient (Wildman–Crippen LogP) is 3.25. The normalized spacial score (nSPS) is 17.7. The van der Waals surface area contributed by atoms with Crippen molar-refractivity contribution in [3.8, 4) is 0 Å². The minimum atomic E-state index is -0.710. The number of aromatic nitrogens is 2. The number of para-hydroxylation sites is 2. The molecule has 1 unspecified atom stereocenters. The lowest BCUT2D eigenvalue weighted by atomic mass is 9.82. The van der Waals surface area contributed by atoms with E-state index in [1.54, 1.807) is 0 Å². The van der Waals surface area contributed by atoms with Gasteiger partial charge in [-0.3, -0.25) is 4.79 Å². The number of nitrogens with one attached hydrogen (secondary N) is 2. The zero-order valence-electron chi connectivity index (χ0n) is 13.2. The number of imidazole rings is 1. The van der Waals surface area contributed by atoms with E-state index in [0.717, 1.165) is 42.5 Å². The Morgan fingerprint density at radius 3 is 2.57 bits per heavy atom. The van der Waals surface area contributed by atoms with Crippen molar-refractivity contribution in [2.24, 2.45) is 5.73 Å². The fourth-order valence-corrected chi connectivity index (χ4v) is 3.00. The van der Waals surface area contributed by atoms with Gasteiger partial charge in [0.25, 0.3) is 0 Å². The Hall–Kier alpha value is -1.30. The summed E-state index contributed by atoms with van der Waals surface area (Å²) in [7, 11) is 0. The van der Waals surface area contributed by atoms with Crippen molar-refractivity contribution in [1.82, 2.24) is 15.3 Å². The summed E-state index contributed by atoms with van der Waals surface area (Å²) >= 11 is 0. The highest BCUT2D eigenvalue weighted by atomic mass is 35.5. The van der Waals surface area contributed by atoms with Gasteiger partial charge in [-0.05, 0) is 31.9 Å². The van der Waals surface area contributed by atoms with Crippen LogP contribution in [0.1, 0.15) is 50.9 Å². The molecule has 2 aromatic rings. The molecule has 3 rings (SSSR count). The molecule has 1 fully saturated rings. The van der Waals surface area contributed by atoms with Crippen molar-refractivity contribution >= 4 is 41.8 Å². The minimum absolute atomic E-state index is 0. The third-order valence-corrected chi connectivity index (χ3v) is 4.36. The van der Waals surface area contributed by atoms with E-state index in [1.165, 1.54) is 6.42 Å². The molecule has 1 saturated carbocycles. The standard InChI is InChI=1S/C16H22N4O.2ClH/c1-11(14-19-12-7-3-4-8-13(12)20-14)18-15(21)16(17)9-5-2-6-10-16;;/h3-4,7-8,11H,2,5-6,9-10,17H2,1H3,(H,18,21)(H,19,20);2*1H. The molecule has 1 aliphatic carbocycles. The van der Waals surface area contributed by atoms with Crippen LogP contribution in [0, 0.1) is 0 Å². The van der Waals surface area contributed by atoms with Crippen molar-refractivity contribution in [2.75, 3.05) is 0 Å². The Bertz CT molecular complexity index is 619. The lowest BCUT2D eigenvalue weighted by molar-refractivity contribution is -0.128. The summed E-state index contributed by atoms with van der Waals surface area (Å²) < 4.78 is 0. The maximum Gasteiger partial charge on any atom is 0.240 e. The Labute approximate surface area is 148 Å². The summed E-state index contributed by atoms with van der Waals surface area (Å²) in [6.45, 7) is 1.93. The number of nitrogens with zero attached hydrogens (tertiary/aromatic N) is 1. The molecule has 0 spiro atoms. The van der Waals surface area contributed by atoms with Gasteiger partial charge in [0.15, 0.2) is 0 Å². The van der Waals surface area contributed by atoms with Crippen LogP contribution in [0.4, 0.5) is 0 Å². The van der Waals surface area contributed by atoms with Crippen LogP contribution in [0.25, 0.3) is 11.0 Å². The van der Waals surface area contributed by atoms with Gasteiger partial charge < -0.3 is 16.0 Å². The lowest BCUT2D eigenvalue weighted by Gasteiger charge is -2.32. The highest BCUT2D eigenvalue weighted by molar-refractivity contribution is 5.86. The maximum absolute atomic E-state index is 12.4. The monoisotopic (exact) mass is 358 g/mol. The van der Waals surface area contributed by atoms with Gasteiger partial charge in [0.1, 0.15) is 5.82 Å². The van der Waals surface area contributed by atoms with Crippen LogP contribution in [0.5, 0.6) is 0 Å². The molecule has 128 valence electrons. The zero-order valence-corrected chi connectivity index (χ0v) is 14.8. The molecule has 1 atom stereocenters. The average molecular weight is 359 g/mol. The molecule has 1 aromatic heterocycles. The number of aromatic amines is 1. The van der Waals surface area contributed by atoms with E-state index in [1.807, 2.05) is 31.2 Å². The first-order valence-corrected chi connectivity index (χ1v) is 7.63. The largest absolute Gasteiger partial charge is 0.345 e. The molecule has 1 heterocycles. The SMILES string of the molecule is CC(NC(=O)C1(N)CCCCC1)c1nc2ccccc2[nH]1.Cl.Cl. The fourth-order valence-electron chi connectivity index (χ4n) is 3.00. The molecule has 7 heteroatoms. The summed E-state index contributed by atoms with van der Waals surface area (Å²) in [6, 6.07) is 7.67. The number of amides is 1. The molecule has 23 heavy (non-hydrogen) atoms. The van der Waals surface area contributed by atoms with Crippen molar-refractivity contribution < 1.29 is 4.79 Å². The Morgan fingerprint density at radius 2 is 1.91 bits per heavy atom. The molecular formula is C16H24Cl2N4O. The molecule has 0 radical (unpaired) electrons. The third kappa shape index (κ3) is 4.16. The lowest BCUT2D eigenvalue weighted by Crippen LogP contribution is -2.55. The molecule has 0 bridgehead atoms. The molecule has 1 amide bonds. The van der Waals surface area contributed by atoms with Crippen LogP contribution in [-0.4, -0.2) is 21.4 Å². The maximum atomic E-state index is 12.4. The first-order chi connectivity index (χ1) is 10.1. The van der Waals surface area contributed by atoms with Crippen molar-refractivity contribution in [3.05, 3.63) is 30.1 Å². The summed E-state index contributed by atoms with van der Waals surface area (Å²) in [5.41, 5.74) is 7.44. The van der Waals surface area contributed by atoms with Gasteiger partial charge >= 0.3 is 0 Å². The number of fused-ring (bicyclic) bond motifs is 1. The van der Waals surface area contributed by atoms with Gasteiger partial charge in [0, 0.05) is 0 Å². The third-order valence-electron chi connectivity index (χ3n) is 4.36. The predicted molar refractivity (Wildman–Crippen MR) is 97.2 cm³/mol. The quantitative estimate of drug-likeness (QED) is 0.787. The molecule has 1 aliphatic rings. The number of nitrogens with two attached hydrogens (primary N) is 1. The van der Waals surface area contributed by atoms with E-state index in [-0.39, 0.29) is 36.8 Å². The Kier molecular flexibility index (Phi) is 6.86.